The minimum absolute atomic E-state index is 0.0485. The van der Waals surface area contributed by atoms with Gasteiger partial charge in [0, 0.05) is 60.2 Å². The van der Waals surface area contributed by atoms with Crippen LogP contribution in [-0.4, -0.2) is 56.6 Å². The van der Waals surface area contributed by atoms with Gasteiger partial charge in [0.15, 0.2) is 0 Å². The van der Waals surface area contributed by atoms with Gasteiger partial charge in [-0.25, -0.2) is 32.1 Å². The average Bonchev–Trinajstić information content (AvgIpc) is 3.25. The summed E-state index contributed by atoms with van der Waals surface area (Å²) in [5.74, 6) is 0.764. The highest BCUT2D eigenvalue weighted by molar-refractivity contribution is 7.88. The molecule has 0 bridgehead atoms. The minimum Gasteiger partial charge on any atom is -0.424 e. The molecule has 4 heterocycles. The standard InChI is InChI=1S/C27H24ClFN6O3S/c1-16-33-25-15-32-24-14-23(29)20(19-5-4-18(12-22(19)28)38-27-30-8-3-9-31-27)13-21(24)26(25)35(16)17-6-10-34(11-7-17)39(2,36)37/h3-5,8-9,12-15,17H,6-7,10-11H2,1-2H3. The van der Waals surface area contributed by atoms with E-state index < -0.39 is 15.8 Å². The Morgan fingerprint density at radius 3 is 2.46 bits per heavy atom. The highest BCUT2D eigenvalue weighted by Gasteiger charge is 2.28. The number of rotatable bonds is 5. The Balaban J connectivity index is 1.42. The van der Waals surface area contributed by atoms with Crippen molar-refractivity contribution in [3.63, 3.8) is 0 Å². The molecule has 0 saturated carbocycles. The first-order valence-electron chi connectivity index (χ1n) is 12.4. The summed E-state index contributed by atoms with van der Waals surface area (Å²) in [6, 6.07) is 10.0. The van der Waals surface area contributed by atoms with Crippen molar-refractivity contribution in [3.05, 3.63) is 71.7 Å². The number of hydrogen-bond donors (Lipinski definition) is 0. The molecule has 39 heavy (non-hydrogen) atoms. The molecule has 1 aliphatic heterocycles. The van der Waals surface area contributed by atoms with Crippen LogP contribution in [0.4, 0.5) is 4.39 Å². The summed E-state index contributed by atoms with van der Waals surface area (Å²) in [7, 11) is -3.24. The van der Waals surface area contributed by atoms with Crippen molar-refractivity contribution in [2.24, 2.45) is 0 Å². The van der Waals surface area contributed by atoms with Crippen LogP contribution in [0.3, 0.4) is 0 Å². The lowest BCUT2D eigenvalue weighted by molar-refractivity contribution is 0.276. The second-order valence-corrected chi connectivity index (χ2v) is 11.9. The quantitative estimate of drug-likeness (QED) is 0.275. The van der Waals surface area contributed by atoms with Gasteiger partial charge >= 0.3 is 6.01 Å². The molecule has 0 spiro atoms. The summed E-state index contributed by atoms with van der Waals surface area (Å²) >= 11 is 6.60. The van der Waals surface area contributed by atoms with Gasteiger partial charge in [-0.1, -0.05) is 11.6 Å². The van der Waals surface area contributed by atoms with Crippen molar-refractivity contribution in [3.8, 4) is 22.9 Å². The van der Waals surface area contributed by atoms with Gasteiger partial charge in [0.2, 0.25) is 10.0 Å². The molecule has 0 N–H and O–H groups in total. The van der Waals surface area contributed by atoms with Crippen LogP contribution in [0.1, 0.15) is 24.7 Å². The summed E-state index contributed by atoms with van der Waals surface area (Å²) in [6.07, 6.45) is 7.32. The van der Waals surface area contributed by atoms with Gasteiger partial charge in [0.1, 0.15) is 22.9 Å². The zero-order chi connectivity index (χ0) is 27.3. The summed E-state index contributed by atoms with van der Waals surface area (Å²) < 4.78 is 48.7. The molecule has 1 fully saturated rings. The van der Waals surface area contributed by atoms with Gasteiger partial charge in [-0.2, -0.15) is 0 Å². The predicted octanol–water partition coefficient (Wildman–Crippen LogP) is 5.53. The molecule has 1 aliphatic rings. The molecule has 0 radical (unpaired) electrons. The number of imidazole rings is 1. The number of piperidine rings is 1. The molecule has 0 amide bonds. The van der Waals surface area contributed by atoms with E-state index in [2.05, 4.69) is 19.5 Å². The number of pyridine rings is 1. The Bertz CT molecular complexity index is 1820. The van der Waals surface area contributed by atoms with Crippen LogP contribution in [0.2, 0.25) is 5.02 Å². The fraction of sp³-hybridized carbons (Fsp3) is 0.259. The average molecular weight is 567 g/mol. The fourth-order valence-corrected chi connectivity index (χ4v) is 6.37. The Labute approximate surface area is 229 Å². The molecule has 200 valence electrons. The number of ether oxygens (including phenoxy) is 1. The highest BCUT2D eigenvalue weighted by atomic mass is 35.5. The van der Waals surface area contributed by atoms with Gasteiger partial charge in [-0.3, -0.25) is 4.98 Å². The third-order valence-electron chi connectivity index (χ3n) is 7.02. The van der Waals surface area contributed by atoms with Crippen molar-refractivity contribution in [2.75, 3.05) is 19.3 Å². The maximum Gasteiger partial charge on any atom is 0.321 e. The van der Waals surface area contributed by atoms with Crippen LogP contribution in [0.5, 0.6) is 11.8 Å². The van der Waals surface area contributed by atoms with E-state index in [9.17, 15) is 8.42 Å². The van der Waals surface area contributed by atoms with E-state index in [0.717, 1.165) is 16.7 Å². The van der Waals surface area contributed by atoms with E-state index in [4.69, 9.17) is 21.3 Å². The fourth-order valence-electron chi connectivity index (χ4n) is 5.22. The third kappa shape index (κ3) is 4.81. The zero-order valence-corrected chi connectivity index (χ0v) is 22.7. The zero-order valence-electron chi connectivity index (χ0n) is 21.2. The number of sulfonamides is 1. The summed E-state index contributed by atoms with van der Waals surface area (Å²) in [4.78, 5) is 17.3. The molecule has 9 nitrogen and oxygen atoms in total. The van der Waals surface area contributed by atoms with Crippen molar-refractivity contribution in [1.29, 1.82) is 0 Å². The maximum absolute atomic E-state index is 15.4. The van der Waals surface area contributed by atoms with Crippen LogP contribution in [0, 0.1) is 12.7 Å². The van der Waals surface area contributed by atoms with E-state index in [-0.39, 0.29) is 12.1 Å². The number of aromatic nitrogens is 5. The lowest BCUT2D eigenvalue weighted by atomic mass is 10.0. The molecule has 0 unspecified atom stereocenters. The van der Waals surface area contributed by atoms with E-state index in [1.54, 1.807) is 48.9 Å². The number of benzene rings is 2. The van der Waals surface area contributed by atoms with E-state index in [0.29, 0.717) is 58.9 Å². The molecule has 0 aliphatic carbocycles. The smallest absolute Gasteiger partial charge is 0.321 e. The molecule has 6 rings (SSSR count). The van der Waals surface area contributed by atoms with Crippen LogP contribution in [-0.2, 0) is 10.0 Å². The van der Waals surface area contributed by atoms with Crippen molar-refractivity contribution >= 4 is 43.6 Å². The Morgan fingerprint density at radius 2 is 1.77 bits per heavy atom. The lowest BCUT2D eigenvalue weighted by Crippen LogP contribution is -2.38. The monoisotopic (exact) mass is 566 g/mol. The summed E-state index contributed by atoms with van der Waals surface area (Å²) in [5, 5.41) is 1.05. The highest BCUT2D eigenvalue weighted by Crippen LogP contribution is 2.38. The van der Waals surface area contributed by atoms with E-state index in [1.165, 1.54) is 16.6 Å². The van der Waals surface area contributed by atoms with Crippen LogP contribution in [0.25, 0.3) is 33.1 Å². The predicted molar refractivity (Wildman–Crippen MR) is 147 cm³/mol. The normalized spacial score (nSPS) is 15.3. The Hall–Kier alpha value is -3.67. The maximum atomic E-state index is 15.4. The number of aryl methyl sites for hydroxylation is 1. The minimum atomic E-state index is -3.24. The van der Waals surface area contributed by atoms with Crippen LogP contribution >= 0.6 is 11.6 Å². The number of halogens is 2. The molecule has 1 saturated heterocycles. The first-order chi connectivity index (χ1) is 18.7. The van der Waals surface area contributed by atoms with Crippen molar-refractivity contribution in [1.82, 2.24) is 28.8 Å². The van der Waals surface area contributed by atoms with Gasteiger partial charge in [-0.05, 0) is 44.0 Å². The molecule has 12 heteroatoms. The Kier molecular flexibility index (Phi) is 6.44. The van der Waals surface area contributed by atoms with Gasteiger partial charge in [0.25, 0.3) is 0 Å². The molecule has 0 atom stereocenters. The largest absolute Gasteiger partial charge is 0.424 e. The number of fused-ring (bicyclic) bond motifs is 3. The van der Waals surface area contributed by atoms with E-state index >= 15 is 4.39 Å². The molecule has 2 aromatic carbocycles. The van der Waals surface area contributed by atoms with Gasteiger partial charge in [-0.15, -0.1) is 0 Å². The third-order valence-corrected chi connectivity index (χ3v) is 8.64. The second-order valence-electron chi connectivity index (χ2n) is 9.54. The van der Waals surface area contributed by atoms with Crippen molar-refractivity contribution < 1.29 is 17.5 Å². The summed E-state index contributed by atoms with van der Waals surface area (Å²) in [5.41, 5.74) is 2.85. The molecular formula is C27H24ClFN6O3S. The molecular weight excluding hydrogens is 543 g/mol. The molecule has 3 aromatic heterocycles. The first-order valence-corrected chi connectivity index (χ1v) is 14.6. The lowest BCUT2D eigenvalue weighted by Gasteiger charge is -2.32. The SMILES string of the molecule is Cc1nc2cnc3cc(F)c(-c4ccc(Oc5ncccn5)cc4Cl)cc3c2n1C1CCN(S(C)(=O)=O)CC1. The summed E-state index contributed by atoms with van der Waals surface area (Å²) in [6.45, 7) is 2.79. The Morgan fingerprint density at radius 1 is 1.03 bits per heavy atom. The topological polar surface area (TPSA) is 103 Å². The second kappa shape index (κ2) is 9.82. The van der Waals surface area contributed by atoms with Crippen molar-refractivity contribution in [2.45, 2.75) is 25.8 Å². The van der Waals surface area contributed by atoms with Gasteiger partial charge < -0.3 is 9.30 Å². The molecule has 5 aromatic rings. The van der Waals surface area contributed by atoms with Crippen LogP contribution < -0.4 is 4.74 Å². The number of hydrogen-bond acceptors (Lipinski definition) is 7. The van der Waals surface area contributed by atoms with E-state index in [1.807, 2.05) is 6.92 Å². The number of nitrogens with zero attached hydrogens (tertiary/aromatic N) is 6. The van der Waals surface area contributed by atoms with Gasteiger partial charge in [0.05, 0.1) is 28.5 Å². The van der Waals surface area contributed by atoms with Crippen LogP contribution in [0.15, 0.2) is 55.0 Å². The first kappa shape index (κ1) is 25.6.